The van der Waals surface area contributed by atoms with Crippen molar-refractivity contribution in [2.45, 2.75) is 26.7 Å². The van der Waals surface area contributed by atoms with Crippen molar-refractivity contribution in [1.29, 1.82) is 0 Å². The van der Waals surface area contributed by atoms with Gasteiger partial charge in [0.05, 0.1) is 0 Å². The van der Waals surface area contributed by atoms with E-state index in [0.29, 0.717) is 17.2 Å². The minimum atomic E-state index is -0.272. The summed E-state index contributed by atoms with van der Waals surface area (Å²) in [5.74, 6) is 0.535. The Bertz CT molecular complexity index is 427. The number of pyridine rings is 1. The summed E-state index contributed by atoms with van der Waals surface area (Å²) in [7, 11) is 5.92. The number of aryl methyl sites for hydroxylation is 1. The Morgan fingerprint density at radius 1 is 1.62 bits per heavy atom. The van der Waals surface area contributed by atoms with Gasteiger partial charge in [0.15, 0.2) is 0 Å². The van der Waals surface area contributed by atoms with Crippen LogP contribution in [-0.4, -0.2) is 18.7 Å². The third kappa shape index (κ3) is 2.72. The molecule has 0 aliphatic carbocycles. The summed E-state index contributed by atoms with van der Waals surface area (Å²) in [5, 5.41) is 2.63. The van der Waals surface area contributed by atoms with Crippen LogP contribution in [0.3, 0.4) is 0 Å². The first-order valence-corrected chi connectivity index (χ1v) is 5.16. The molecule has 0 unspecified atom stereocenters. The summed E-state index contributed by atoms with van der Waals surface area (Å²) in [6.45, 7) is 9.31. The molecule has 16 heavy (non-hydrogen) atoms. The van der Waals surface area contributed by atoms with E-state index < -0.39 is 0 Å². The van der Waals surface area contributed by atoms with Crippen LogP contribution in [-0.2, 0) is 4.79 Å². The van der Waals surface area contributed by atoms with E-state index in [2.05, 4.69) is 16.9 Å². The molecule has 0 spiro atoms. The van der Waals surface area contributed by atoms with Crippen molar-refractivity contribution in [3.63, 3.8) is 0 Å². The number of carbonyl (C=O) groups is 1. The van der Waals surface area contributed by atoms with E-state index in [1.807, 2.05) is 20.8 Å². The van der Waals surface area contributed by atoms with Crippen LogP contribution in [0.2, 0.25) is 0 Å². The van der Waals surface area contributed by atoms with Crippen LogP contribution in [0.1, 0.15) is 31.0 Å². The number of nitrogens with zero attached hydrogens (tertiary/aromatic N) is 1. The van der Waals surface area contributed by atoms with E-state index >= 15 is 0 Å². The Labute approximate surface area is 97.4 Å². The topological polar surface area (TPSA) is 42.0 Å². The van der Waals surface area contributed by atoms with Gasteiger partial charge in [0.1, 0.15) is 13.7 Å². The Hall–Kier alpha value is -1.58. The lowest BCUT2D eigenvalue weighted by Crippen LogP contribution is -2.20. The number of carbonyl (C=O) groups excluding carboxylic acids is 1. The number of hydrogen-bond donors (Lipinski definition) is 1. The summed E-state index contributed by atoms with van der Waals surface area (Å²) < 4.78 is 0. The fourth-order valence-corrected chi connectivity index (χ4v) is 1.43. The van der Waals surface area contributed by atoms with E-state index in [1.165, 1.54) is 6.08 Å². The number of anilines is 1. The quantitative estimate of drug-likeness (QED) is 0.610. The van der Waals surface area contributed by atoms with E-state index in [1.54, 1.807) is 6.07 Å². The summed E-state index contributed by atoms with van der Waals surface area (Å²) >= 11 is 0. The van der Waals surface area contributed by atoms with Gasteiger partial charge in [-0.3, -0.25) is 4.79 Å². The third-order valence-electron chi connectivity index (χ3n) is 2.34. The zero-order chi connectivity index (χ0) is 12.3. The Morgan fingerprint density at radius 2 is 2.25 bits per heavy atom. The van der Waals surface area contributed by atoms with Crippen LogP contribution in [0, 0.1) is 6.92 Å². The van der Waals surface area contributed by atoms with Crippen molar-refractivity contribution in [2.24, 2.45) is 0 Å². The molecule has 1 aromatic rings. The molecule has 2 radical (unpaired) electrons. The molecule has 0 aromatic carbocycles. The monoisotopic (exact) mass is 214 g/mol. The van der Waals surface area contributed by atoms with Crippen LogP contribution in [0.4, 0.5) is 5.82 Å². The molecule has 0 aliphatic rings. The predicted molar refractivity (Wildman–Crippen MR) is 67.3 cm³/mol. The van der Waals surface area contributed by atoms with Crippen LogP contribution in [0.15, 0.2) is 18.7 Å². The van der Waals surface area contributed by atoms with E-state index in [-0.39, 0.29) is 5.91 Å². The number of hydrogen-bond acceptors (Lipinski definition) is 2. The number of rotatable bonds is 3. The van der Waals surface area contributed by atoms with Gasteiger partial charge in [0.25, 0.3) is 0 Å². The van der Waals surface area contributed by atoms with Crippen molar-refractivity contribution in [3.05, 3.63) is 30.0 Å². The van der Waals surface area contributed by atoms with Crippen molar-refractivity contribution < 1.29 is 4.79 Å². The molecule has 82 valence electrons. The van der Waals surface area contributed by atoms with Gasteiger partial charge in [-0.15, -0.1) is 0 Å². The van der Waals surface area contributed by atoms with Crippen molar-refractivity contribution in [2.75, 3.05) is 5.32 Å². The highest BCUT2D eigenvalue weighted by molar-refractivity contribution is 6.34. The van der Waals surface area contributed by atoms with E-state index in [9.17, 15) is 4.79 Å². The number of aromatic nitrogens is 1. The second-order valence-electron chi connectivity index (χ2n) is 3.94. The molecule has 1 heterocycles. The van der Waals surface area contributed by atoms with Crippen molar-refractivity contribution in [1.82, 2.24) is 4.98 Å². The van der Waals surface area contributed by atoms with Gasteiger partial charge < -0.3 is 5.32 Å². The van der Waals surface area contributed by atoms with Crippen LogP contribution >= 0.6 is 0 Å². The molecular weight excluding hydrogens is 199 g/mol. The first-order chi connectivity index (χ1) is 7.45. The lowest BCUT2D eigenvalue weighted by atomic mass is 9.84. The fraction of sp³-hybridized carbons (Fsp3) is 0.333. The first-order valence-electron chi connectivity index (χ1n) is 5.16. The Morgan fingerprint density at radius 3 is 2.75 bits per heavy atom. The van der Waals surface area contributed by atoms with E-state index in [4.69, 9.17) is 7.85 Å². The van der Waals surface area contributed by atoms with Gasteiger partial charge >= 0.3 is 0 Å². The molecule has 0 aliphatic heterocycles. The smallest absolute Gasteiger partial charge is 0.248 e. The normalized spacial score (nSPS) is 10.2. The first kappa shape index (κ1) is 12.5. The molecule has 1 aromatic heterocycles. The molecule has 3 nitrogen and oxygen atoms in total. The zero-order valence-electron chi connectivity index (χ0n) is 9.87. The van der Waals surface area contributed by atoms with Crippen molar-refractivity contribution >= 4 is 25.0 Å². The molecule has 0 bridgehead atoms. The maximum absolute atomic E-state index is 11.2. The maximum atomic E-state index is 11.2. The lowest BCUT2D eigenvalue weighted by molar-refractivity contribution is -0.111. The van der Waals surface area contributed by atoms with Gasteiger partial charge in [-0.25, -0.2) is 4.98 Å². The van der Waals surface area contributed by atoms with Gasteiger partial charge in [0.2, 0.25) is 5.91 Å². The average molecular weight is 214 g/mol. The molecule has 0 saturated carbocycles. The number of amides is 1. The molecular formula is C12H15BN2O. The fourth-order valence-electron chi connectivity index (χ4n) is 1.43. The highest BCUT2D eigenvalue weighted by Crippen LogP contribution is 2.16. The summed E-state index contributed by atoms with van der Waals surface area (Å²) in [6, 6.07) is 1.80. The summed E-state index contributed by atoms with van der Waals surface area (Å²) in [5.41, 5.74) is 2.41. The second-order valence-corrected chi connectivity index (χ2v) is 3.94. The average Bonchev–Trinajstić information content (AvgIpc) is 2.22. The van der Waals surface area contributed by atoms with Gasteiger partial charge in [-0.2, -0.15) is 0 Å². The highest BCUT2D eigenvalue weighted by Gasteiger charge is 2.09. The maximum Gasteiger partial charge on any atom is 0.248 e. The number of nitrogens with one attached hydrogen (secondary N) is 1. The SMILES string of the molecule is [B]c1c(C(C)C)cc(NC(=O)C=C)nc1C. The largest absolute Gasteiger partial charge is 0.307 e. The summed E-state index contributed by atoms with van der Waals surface area (Å²) in [6.07, 6.45) is 1.21. The molecule has 4 heteroatoms. The van der Waals surface area contributed by atoms with E-state index in [0.717, 1.165) is 11.3 Å². The highest BCUT2D eigenvalue weighted by atomic mass is 16.1. The molecule has 1 N–H and O–H groups in total. The molecule has 1 amide bonds. The standard InChI is InChI=1S/C12H15BN2O/c1-5-11(16)15-10-6-9(7(2)3)12(13)8(4)14-10/h5-7H,1H2,2-4H3,(H,14,15,16). The minimum absolute atomic E-state index is 0.272. The Kier molecular flexibility index (Phi) is 3.88. The van der Waals surface area contributed by atoms with Crippen LogP contribution in [0.25, 0.3) is 0 Å². The molecule has 1 rings (SSSR count). The molecule has 0 saturated heterocycles. The van der Waals surface area contributed by atoms with Gasteiger partial charge in [0, 0.05) is 5.69 Å². The predicted octanol–water partition coefficient (Wildman–Crippen LogP) is 1.43. The zero-order valence-corrected chi connectivity index (χ0v) is 9.87. The van der Waals surface area contributed by atoms with Gasteiger partial charge in [-0.1, -0.05) is 25.9 Å². The molecule has 0 fully saturated rings. The second kappa shape index (κ2) is 4.97. The minimum Gasteiger partial charge on any atom is -0.307 e. The van der Waals surface area contributed by atoms with Gasteiger partial charge in [-0.05, 0) is 30.5 Å². The molecule has 0 atom stereocenters. The lowest BCUT2D eigenvalue weighted by Gasteiger charge is -2.14. The summed E-state index contributed by atoms with van der Waals surface area (Å²) in [4.78, 5) is 15.4. The van der Waals surface area contributed by atoms with Crippen LogP contribution < -0.4 is 10.8 Å². The van der Waals surface area contributed by atoms with Crippen LogP contribution in [0.5, 0.6) is 0 Å². The van der Waals surface area contributed by atoms with Crippen molar-refractivity contribution in [3.8, 4) is 0 Å². The Balaban J connectivity index is 3.13. The third-order valence-corrected chi connectivity index (χ3v) is 2.34.